The third kappa shape index (κ3) is 1.68. The van der Waals surface area contributed by atoms with Crippen molar-refractivity contribution in [2.45, 2.75) is 20.8 Å². The fourth-order valence-corrected chi connectivity index (χ4v) is 1.24. The van der Waals surface area contributed by atoms with Gasteiger partial charge in [0.05, 0.1) is 0 Å². The van der Waals surface area contributed by atoms with E-state index >= 15 is 0 Å². The number of imidazole rings is 1. The van der Waals surface area contributed by atoms with Gasteiger partial charge < -0.3 is 0 Å². The summed E-state index contributed by atoms with van der Waals surface area (Å²) >= 11 is 3.93. The summed E-state index contributed by atoms with van der Waals surface area (Å²) in [6.07, 6.45) is 5.00. The molecule has 0 unspecified atom stereocenters. The highest BCUT2D eigenvalue weighted by molar-refractivity contribution is 7.78. The van der Waals surface area contributed by atoms with Crippen molar-refractivity contribution in [3.05, 3.63) is 34.6 Å². The molecule has 0 aliphatic carbocycles. The molecule has 2 aromatic heterocycles. The second-order valence-corrected chi connectivity index (χ2v) is 2.97. The molecule has 2 rings (SSSR count). The number of hydrogen-bond acceptors (Lipinski definition) is 3. The zero-order valence-electron chi connectivity index (χ0n) is 8.43. The van der Waals surface area contributed by atoms with Crippen LogP contribution in [0.15, 0.2) is 23.4 Å². The van der Waals surface area contributed by atoms with E-state index in [-0.39, 0.29) is 5.56 Å². The van der Waals surface area contributed by atoms with Crippen LogP contribution in [0.3, 0.4) is 0 Å². The normalized spacial score (nSPS) is 9.71. The Morgan fingerprint density at radius 3 is 2.64 bits per heavy atom. The van der Waals surface area contributed by atoms with E-state index in [1.807, 2.05) is 20.8 Å². The van der Waals surface area contributed by atoms with Gasteiger partial charge in [0.25, 0.3) is 0 Å². The molecule has 0 atom stereocenters. The summed E-state index contributed by atoms with van der Waals surface area (Å²) in [4.78, 5) is 15.3. The number of aromatic nitrogens is 3. The molecule has 0 radical (unpaired) electrons. The maximum absolute atomic E-state index is 11.3. The first-order chi connectivity index (χ1) is 6.70. The van der Waals surface area contributed by atoms with Crippen LogP contribution in [0.4, 0.5) is 0 Å². The molecule has 0 N–H and O–H groups in total. The molecule has 2 aromatic rings. The summed E-state index contributed by atoms with van der Waals surface area (Å²) in [6, 6.07) is 0. The smallest absolute Gasteiger partial charge is 0.298 e. The second kappa shape index (κ2) is 4.32. The van der Waals surface area contributed by atoms with Crippen LogP contribution in [-0.4, -0.2) is 13.4 Å². The fourth-order valence-electron chi connectivity index (χ4n) is 1.09. The van der Waals surface area contributed by atoms with Crippen molar-refractivity contribution in [2.24, 2.45) is 0 Å². The van der Waals surface area contributed by atoms with Gasteiger partial charge in [0.15, 0.2) is 0 Å². The minimum absolute atomic E-state index is 0.200. The number of aryl methyl sites for hydroxylation is 1. The summed E-state index contributed by atoms with van der Waals surface area (Å²) < 4.78 is 2.94. The van der Waals surface area contributed by atoms with Crippen molar-refractivity contribution in [3.63, 3.8) is 0 Å². The first-order valence-corrected chi connectivity index (χ1v) is 4.85. The van der Waals surface area contributed by atoms with Gasteiger partial charge in [0, 0.05) is 24.3 Å². The van der Waals surface area contributed by atoms with Crippen molar-refractivity contribution in [2.75, 3.05) is 0 Å². The lowest BCUT2D eigenvalue weighted by Gasteiger charge is -1.96. The second-order valence-electron chi connectivity index (χ2n) is 2.54. The molecule has 76 valence electrons. The molecule has 0 saturated carbocycles. The van der Waals surface area contributed by atoms with Crippen LogP contribution in [0.25, 0.3) is 5.65 Å². The zero-order chi connectivity index (χ0) is 10.7. The summed E-state index contributed by atoms with van der Waals surface area (Å²) in [5.74, 6) is 0. The molecule has 0 aliphatic heterocycles. The fraction of sp³-hybridized carbons (Fsp3) is 0.333. The van der Waals surface area contributed by atoms with Crippen LogP contribution in [0.5, 0.6) is 0 Å². The Morgan fingerprint density at radius 2 is 2.00 bits per heavy atom. The Labute approximate surface area is 87.8 Å². The maximum Gasteiger partial charge on any atom is 0.304 e. The van der Waals surface area contributed by atoms with Gasteiger partial charge >= 0.3 is 5.56 Å². The molecule has 0 fully saturated rings. The van der Waals surface area contributed by atoms with Gasteiger partial charge in [0.1, 0.15) is 0 Å². The van der Waals surface area contributed by atoms with Gasteiger partial charge in [-0.15, -0.1) is 0 Å². The molecule has 5 heteroatoms. The minimum Gasteiger partial charge on any atom is -0.298 e. The molecular weight excluding hydrogens is 198 g/mol. The maximum atomic E-state index is 11.3. The molecule has 0 spiro atoms. The number of nitrogens with zero attached hydrogens (tertiary/aromatic N) is 3. The third-order valence-electron chi connectivity index (χ3n) is 1.74. The van der Waals surface area contributed by atoms with E-state index < -0.39 is 0 Å². The van der Waals surface area contributed by atoms with E-state index in [9.17, 15) is 4.79 Å². The number of fused-ring (bicyclic) bond motifs is 1. The van der Waals surface area contributed by atoms with E-state index in [4.69, 9.17) is 0 Å². The van der Waals surface area contributed by atoms with Gasteiger partial charge in [-0.25, -0.2) is 4.98 Å². The molecule has 2 heterocycles. The summed E-state index contributed by atoms with van der Waals surface area (Å²) in [5.41, 5.74) is 1.15. The Balaban J connectivity index is 0.000000461. The third-order valence-corrected chi connectivity index (χ3v) is 2.05. The minimum atomic E-state index is -0.200. The van der Waals surface area contributed by atoms with E-state index in [1.54, 1.807) is 23.0 Å². The summed E-state index contributed by atoms with van der Waals surface area (Å²) in [5, 5.41) is 0. The van der Waals surface area contributed by atoms with Crippen LogP contribution in [0.2, 0.25) is 0 Å². The molecule has 14 heavy (non-hydrogen) atoms. The standard InChI is InChI=1S/C7H7N3OS.C2H6/c1-5-4-8-6-7(11)10(12)3-2-9(5)6;1-2/h2-4,12H,1H3;1-2H3. The van der Waals surface area contributed by atoms with Crippen LogP contribution in [-0.2, 0) is 0 Å². The predicted octanol–water partition coefficient (Wildman–Crippen LogP) is 1.52. The monoisotopic (exact) mass is 211 g/mol. The molecule has 0 bridgehead atoms. The summed E-state index contributed by atoms with van der Waals surface area (Å²) in [6.45, 7) is 5.89. The Bertz CT molecular complexity index is 486. The lowest BCUT2D eigenvalue weighted by Crippen LogP contribution is -2.15. The van der Waals surface area contributed by atoms with Crippen molar-refractivity contribution in [1.29, 1.82) is 0 Å². The van der Waals surface area contributed by atoms with Gasteiger partial charge in [-0.05, 0) is 6.92 Å². The number of rotatable bonds is 0. The van der Waals surface area contributed by atoms with Gasteiger partial charge in [0.2, 0.25) is 5.65 Å². The van der Waals surface area contributed by atoms with E-state index in [0.717, 1.165) is 5.69 Å². The highest BCUT2D eigenvalue weighted by atomic mass is 32.1. The lowest BCUT2D eigenvalue weighted by atomic mass is 10.5. The van der Waals surface area contributed by atoms with Crippen molar-refractivity contribution in [1.82, 2.24) is 13.4 Å². The molecule has 0 aliphatic rings. The van der Waals surface area contributed by atoms with E-state index in [2.05, 4.69) is 17.8 Å². The van der Waals surface area contributed by atoms with Gasteiger partial charge in [-0.3, -0.25) is 13.2 Å². The molecule has 0 amide bonds. The van der Waals surface area contributed by atoms with Crippen LogP contribution >= 0.6 is 12.8 Å². The van der Waals surface area contributed by atoms with Crippen molar-refractivity contribution in [3.8, 4) is 0 Å². The first kappa shape index (κ1) is 10.8. The molecule has 0 aromatic carbocycles. The highest BCUT2D eigenvalue weighted by Gasteiger charge is 2.03. The summed E-state index contributed by atoms with van der Waals surface area (Å²) in [7, 11) is 0. The zero-order valence-corrected chi connectivity index (χ0v) is 9.32. The highest BCUT2D eigenvalue weighted by Crippen LogP contribution is 1.99. The Hall–Kier alpha value is -1.23. The molecular formula is C9H13N3OS. The topological polar surface area (TPSA) is 39.3 Å². The van der Waals surface area contributed by atoms with Gasteiger partial charge in [-0.2, -0.15) is 0 Å². The quantitative estimate of drug-likeness (QED) is 0.671. The average Bonchev–Trinajstić information content (AvgIpc) is 2.58. The van der Waals surface area contributed by atoms with Crippen LogP contribution in [0, 0.1) is 6.92 Å². The van der Waals surface area contributed by atoms with E-state index in [0.29, 0.717) is 5.65 Å². The van der Waals surface area contributed by atoms with Crippen molar-refractivity contribution < 1.29 is 0 Å². The lowest BCUT2D eigenvalue weighted by molar-refractivity contribution is 1.02. The SMILES string of the molecule is CC.Cc1cnc2c(=O)n(S)ccn12. The molecule has 0 saturated heterocycles. The largest absolute Gasteiger partial charge is 0.304 e. The average molecular weight is 211 g/mol. The Kier molecular flexibility index (Phi) is 3.35. The Morgan fingerprint density at radius 1 is 1.36 bits per heavy atom. The molecule has 4 nitrogen and oxygen atoms in total. The predicted molar refractivity (Wildman–Crippen MR) is 59.9 cm³/mol. The van der Waals surface area contributed by atoms with Crippen molar-refractivity contribution >= 4 is 18.5 Å². The number of thiol groups is 1. The number of hydrogen-bond donors (Lipinski definition) is 1. The van der Waals surface area contributed by atoms with Crippen LogP contribution in [0.1, 0.15) is 19.5 Å². The first-order valence-electron chi connectivity index (χ1n) is 4.45. The van der Waals surface area contributed by atoms with E-state index in [1.165, 1.54) is 3.97 Å². The van der Waals surface area contributed by atoms with Crippen LogP contribution < -0.4 is 5.56 Å². The van der Waals surface area contributed by atoms with Gasteiger partial charge in [-0.1, -0.05) is 26.7 Å².